The fourth-order valence-corrected chi connectivity index (χ4v) is 4.63. The number of rotatable bonds is 7. The van der Waals surface area contributed by atoms with E-state index in [9.17, 15) is 4.39 Å². The summed E-state index contributed by atoms with van der Waals surface area (Å²) < 4.78 is 51.5. The number of aliphatic imine (C=N–C) groups is 1. The maximum atomic E-state index is 15.4. The first-order chi connectivity index (χ1) is 17.3. The van der Waals surface area contributed by atoms with Gasteiger partial charge in [-0.15, -0.1) is 5.10 Å². The molecule has 5 rings (SSSR count). The van der Waals surface area contributed by atoms with Crippen LogP contribution in [0.2, 0.25) is 0 Å². The molecule has 0 bridgehead atoms. The maximum Gasteiger partial charge on any atom is 0.333 e. The van der Waals surface area contributed by atoms with Gasteiger partial charge in [0.1, 0.15) is 17.2 Å². The van der Waals surface area contributed by atoms with E-state index in [1.807, 2.05) is 19.1 Å². The van der Waals surface area contributed by atoms with Gasteiger partial charge in [0, 0.05) is 18.3 Å². The van der Waals surface area contributed by atoms with E-state index in [1.165, 1.54) is 4.52 Å². The van der Waals surface area contributed by atoms with E-state index in [1.54, 1.807) is 6.20 Å². The average molecular weight is 499 g/mol. The van der Waals surface area contributed by atoms with E-state index in [0.717, 1.165) is 61.3 Å². The lowest BCUT2D eigenvalue weighted by atomic mass is 10.00. The molecule has 0 amide bonds. The minimum Gasteiger partial charge on any atom is -0.376 e. The van der Waals surface area contributed by atoms with Crippen molar-refractivity contribution in [1.82, 2.24) is 19.5 Å². The van der Waals surface area contributed by atoms with Gasteiger partial charge in [0.05, 0.1) is 19.8 Å². The first-order valence-corrected chi connectivity index (χ1v) is 12.1. The number of ether oxygens (including phenoxy) is 1. The van der Waals surface area contributed by atoms with Crippen molar-refractivity contribution in [3.05, 3.63) is 70.9 Å². The molecule has 1 atom stereocenters. The largest absolute Gasteiger partial charge is 0.376 e. The van der Waals surface area contributed by atoms with Crippen LogP contribution in [0.15, 0.2) is 53.2 Å². The molecular weight excluding hydrogens is 469 g/mol. The van der Waals surface area contributed by atoms with Crippen molar-refractivity contribution in [2.75, 3.05) is 38.6 Å². The minimum absolute atomic E-state index is 0.214. The Labute approximate surface area is 207 Å². The van der Waals surface area contributed by atoms with Gasteiger partial charge in [0.2, 0.25) is 5.82 Å². The predicted octanol–water partition coefficient (Wildman–Crippen LogP) is 4.64. The van der Waals surface area contributed by atoms with Crippen LogP contribution in [0.1, 0.15) is 36.7 Å². The Morgan fingerprint density at radius 3 is 2.75 bits per heavy atom. The molecule has 0 radical (unpaired) electrons. The lowest BCUT2D eigenvalue weighted by Crippen LogP contribution is -2.34. The van der Waals surface area contributed by atoms with Crippen molar-refractivity contribution < 1.29 is 17.9 Å². The van der Waals surface area contributed by atoms with Gasteiger partial charge in [0.25, 0.3) is 0 Å². The molecule has 2 aromatic heterocycles. The van der Waals surface area contributed by atoms with Crippen molar-refractivity contribution in [1.29, 1.82) is 0 Å². The van der Waals surface area contributed by atoms with Crippen LogP contribution < -0.4 is 5.32 Å². The van der Waals surface area contributed by atoms with Crippen LogP contribution in [0.4, 0.5) is 19.0 Å². The summed E-state index contributed by atoms with van der Waals surface area (Å²) in [5.41, 5.74) is 2.00. The van der Waals surface area contributed by atoms with Crippen LogP contribution in [-0.2, 0) is 17.3 Å². The summed E-state index contributed by atoms with van der Waals surface area (Å²) in [5.74, 6) is -3.58. The number of hydrogen-bond acceptors (Lipinski definition) is 6. The van der Waals surface area contributed by atoms with Crippen molar-refractivity contribution >= 4 is 17.2 Å². The summed E-state index contributed by atoms with van der Waals surface area (Å²) in [4.78, 5) is 10.9. The molecule has 1 fully saturated rings. The smallest absolute Gasteiger partial charge is 0.333 e. The molecule has 0 aliphatic carbocycles. The number of likely N-dealkylation sites (tertiary alicyclic amines) is 1. The van der Waals surface area contributed by atoms with Crippen LogP contribution in [0.25, 0.3) is 5.52 Å². The Morgan fingerprint density at radius 1 is 1.22 bits per heavy atom. The van der Waals surface area contributed by atoms with Crippen LogP contribution >= 0.6 is 0 Å². The molecular formula is C26H29F3N6O. The topological polar surface area (TPSA) is 67.1 Å². The number of halogens is 3. The Kier molecular flexibility index (Phi) is 6.81. The van der Waals surface area contributed by atoms with Crippen LogP contribution in [0.3, 0.4) is 0 Å². The molecule has 0 saturated carbocycles. The summed E-state index contributed by atoms with van der Waals surface area (Å²) in [6.07, 6.45) is 5.83. The summed E-state index contributed by atoms with van der Waals surface area (Å²) in [6.45, 7) is 5.58. The molecule has 2 aliphatic rings. The van der Waals surface area contributed by atoms with Gasteiger partial charge in [-0.1, -0.05) is 0 Å². The second kappa shape index (κ2) is 10.0. The third-order valence-corrected chi connectivity index (χ3v) is 6.48. The van der Waals surface area contributed by atoms with Crippen LogP contribution in [0.5, 0.6) is 0 Å². The summed E-state index contributed by atoms with van der Waals surface area (Å²) >= 11 is 0. The SMILES string of the molecule is CC1=CC(Nc2nc(C(F)(F)c3ccc(F)cc3)nn3cc(COCC4CCCN(C)C4)cc23)=NC1. The fraction of sp³-hybridized carbons (Fsp3) is 0.423. The van der Waals surface area contributed by atoms with E-state index in [0.29, 0.717) is 37.0 Å². The number of nitrogens with zero attached hydrogens (tertiary/aromatic N) is 5. The van der Waals surface area contributed by atoms with Crippen molar-refractivity contribution in [3.63, 3.8) is 0 Å². The number of nitrogens with one attached hydrogen (secondary N) is 1. The molecule has 1 unspecified atom stereocenters. The highest BCUT2D eigenvalue weighted by atomic mass is 19.3. The van der Waals surface area contributed by atoms with Gasteiger partial charge in [-0.2, -0.15) is 8.78 Å². The zero-order chi connectivity index (χ0) is 25.3. The van der Waals surface area contributed by atoms with Gasteiger partial charge >= 0.3 is 5.92 Å². The number of piperidine rings is 1. The highest BCUT2D eigenvalue weighted by Crippen LogP contribution is 2.35. The molecule has 0 spiro atoms. The number of benzene rings is 1. The summed E-state index contributed by atoms with van der Waals surface area (Å²) in [7, 11) is 2.12. The fourth-order valence-electron chi connectivity index (χ4n) is 4.63. The second-order valence-electron chi connectivity index (χ2n) is 9.65. The third kappa shape index (κ3) is 5.29. The number of alkyl halides is 2. The normalized spacial score (nSPS) is 19.0. The number of amidine groups is 1. The minimum atomic E-state index is -3.53. The van der Waals surface area contributed by atoms with Crippen molar-refractivity contribution in [2.24, 2.45) is 10.9 Å². The molecule has 1 aromatic carbocycles. The quantitative estimate of drug-likeness (QED) is 0.514. The Bertz CT molecular complexity index is 1300. The van der Waals surface area contributed by atoms with Gasteiger partial charge in [0.15, 0.2) is 5.82 Å². The molecule has 2 aliphatic heterocycles. The third-order valence-electron chi connectivity index (χ3n) is 6.48. The van der Waals surface area contributed by atoms with E-state index < -0.39 is 23.1 Å². The Balaban J connectivity index is 1.43. The predicted molar refractivity (Wildman–Crippen MR) is 132 cm³/mol. The van der Waals surface area contributed by atoms with Crippen molar-refractivity contribution in [2.45, 2.75) is 32.3 Å². The highest BCUT2D eigenvalue weighted by molar-refractivity contribution is 6.06. The number of fused-ring (bicyclic) bond motifs is 1. The highest BCUT2D eigenvalue weighted by Gasteiger charge is 2.39. The zero-order valence-electron chi connectivity index (χ0n) is 20.3. The van der Waals surface area contributed by atoms with Crippen LogP contribution in [-0.4, -0.2) is 58.6 Å². The summed E-state index contributed by atoms with van der Waals surface area (Å²) in [5, 5.41) is 7.20. The van der Waals surface area contributed by atoms with E-state index in [2.05, 4.69) is 32.3 Å². The number of aromatic nitrogens is 3. The lowest BCUT2D eigenvalue weighted by Gasteiger charge is -2.29. The molecule has 7 nitrogen and oxygen atoms in total. The van der Waals surface area contributed by atoms with E-state index in [4.69, 9.17) is 4.74 Å². The lowest BCUT2D eigenvalue weighted by molar-refractivity contribution is 0.0315. The van der Waals surface area contributed by atoms with E-state index >= 15 is 8.78 Å². The molecule has 4 heterocycles. The van der Waals surface area contributed by atoms with Gasteiger partial charge < -0.3 is 15.0 Å². The molecule has 36 heavy (non-hydrogen) atoms. The molecule has 1 N–H and O–H groups in total. The molecule has 1 saturated heterocycles. The number of anilines is 1. The monoisotopic (exact) mass is 498 g/mol. The van der Waals surface area contributed by atoms with Crippen molar-refractivity contribution in [3.8, 4) is 0 Å². The van der Waals surface area contributed by atoms with Gasteiger partial charge in [-0.05, 0) is 86.8 Å². The van der Waals surface area contributed by atoms with Crippen LogP contribution in [0, 0.1) is 11.7 Å². The first-order valence-electron chi connectivity index (χ1n) is 12.1. The van der Waals surface area contributed by atoms with E-state index in [-0.39, 0.29) is 5.82 Å². The molecule has 3 aromatic rings. The van der Waals surface area contributed by atoms with Gasteiger partial charge in [-0.3, -0.25) is 4.99 Å². The molecule has 190 valence electrons. The number of hydrogen-bond donors (Lipinski definition) is 1. The zero-order valence-corrected chi connectivity index (χ0v) is 20.3. The average Bonchev–Trinajstić information content (AvgIpc) is 3.45. The Morgan fingerprint density at radius 2 is 2.03 bits per heavy atom. The maximum absolute atomic E-state index is 15.4. The first kappa shape index (κ1) is 24.5. The Hall–Kier alpha value is -3.24. The van der Waals surface area contributed by atoms with Gasteiger partial charge in [-0.25, -0.2) is 13.9 Å². The standard InChI is InChI=1S/C26H29F3N6O/c1-17-10-23(30-12-17)31-24-22-11-19(16-36-15-18-4-3-9-34(2)13-18)14-35(22)33-25(32-24)26(28,29)20-5-7-21(27)8-6-20/h5-8,10-11,14,18H,3-4,9,12-13,15-16H2,1-2H3,(H,30,31,32,33). The molecule has 10 heteroatoms. The second-order valence-corrected chi connectivity index (χ2v) is 9.65. The summed E-state index contributed by atoms with van der Waals surface area (Å²) in [6, 6.07) is 5.91.